The Morgan fingerprint density at radius 2 is 2.04 bits per heavy atom. The molecule has 3 aromatic heterocycles. The van der Waals surface area contributed by atoms with Crippen LogP contribution in [0.4, 0.5) is 16.0 Å². The zero-order chi connectivity index (χ0) is 17.7. The summed E-state index contributed by atoms with van der Waals surface area (Å²) in [6, 6.07) is 6.22. The molecule has 0 fully saturated rings. The number of nitrogen functional groups attached to an aromatic ring is 2. The van der Waals surface area contributed by atoms with Crippen molar-refractivity contribution in [2.75, 3.05) is 11.5 Å². The number of nitrogens with two attached hydrogens (primary N) is 2. The van der Waals surface area contributed by atoms with Gasteiger partial charge in [0.25, 0.3) is 0 Å². The van der Waals surface area contributed by atoms with Gasteiger partial charge in [-0.1, -0.05) is 17.7 Å². The largest absolute Gasteiger partial charge is 0.436 e. The van der Waals surface area contributed by atoms with Crippen LogP contribution in [0.2, 0.25) is 5.02 Å². The zero-order valence-corrected chi connectivity index (χ0v) is 13.9. The van der Waals surface area contributed by atoms with Crippen molar-refractivity contribution in [2.24, 2.45) is 7.05 Å². The molecule has 0 saturated carbocycles. The highest BCUT2D eigenvalue weighted by molar-refractivity contribution is 6.31. The van der Waals surface area contributed by atoms with Crippen molar-refractivity contribution < 1.29 is 8.81 Å². The van der Waals surface area contributed by atoms with Crippen LogP contribution in [0.25, 0.3) is 33.5 Å². The third-order valence-corrected chi connectivity index (χ3v) is 4.36. The minimum absolute atomic E-state index is 0.0106. The first-order chi connectivity index (χ1) is 12.0. The third-order valence-electron chi connectivity index (χ3n) is 4.08. The molecule has 0 aliphatic heterocycles. The Morgan fingerprint density at radius 1 is 1.24 bits per heavy atom. The third kappa shape index (κ3) is 2.32. The normalized spacial score (nSPS) is 11.3. The first-order valence-corrected chi connectivity index (χ1v) is 7.75. The molecular formula is C17H13ClFN5O. The van der Waals surface area contributed by atoms with Crippen molar-refractivity contribution in [1.29, 1.82) is 0 Å². The standard InChI is InChI=1S/C17H13ClFN5O/c1-24-12(4-5-23-24)15-16-13(14(20)17(21)25-16)9(7-22-15)8-2-3-11(19)10(18)6-8/h2-7H,20-21H2,1H3. The smallest absolute Gasteiger partial charge is 0.215 e. The van der Waals surface area contributed by atoms with E-state index < -0.39 is 5.82 Å². The molecule has 0 saturated heterocycles. The Balaban J connectivity index is 2.05. The predicted molar refractivity (Wildman–Crippen MR) is 95.4 cm³/mol. The Kier molecular flexibility index (Phi) is 3.40. The maximum absolute atomic E-state index is 13.5. The van der Waals surface area contributed by atoms with E-state index in [-0.39, 0.29) is 10.9 Å². The fourth-order valence-corrected chi connectivity index (χ4v) is 3.00. The van der Waals surface area contributed by atoms with E-state index in [1.54, 1.807) is 30.2 Å². The topological polar surface area (TPSA) is 95.9 Å². The summed E-state index contributed by atoms with van der Waals surface area (Å²) in [5.74, 6) is -0.401. The van der Waals surface area contributed by atoms with Gasteiger partial charge in [0, 0.05) is 25.0 Å². The summed E-state index contributed by atoms with van der Waals surface area (Å²) in [6.07, 6.45) is 3.30. The second-order valence-corrected chi connectivity index (χ2v) is 5.98. The number of anilines is 2. The van der Waals surface area contributed by atoms with Crippen LogP contribution in [-0.2, 0) is 7.05 Å². The van der Waals surface area contributed by atoms with Gasteiger partial charge < -0.3 is 15.9 Å². The number of rotatable bonds is 2. The Labute approximate surface area is 146 Å². The van der Waals surface area contributed by atoms with Crippen LogP contribution >= 0.6 is 11.6 Å². The van der Waals surface area contributed by atoms with Crippen molar-refractivity contribution >= 4 is 34.1 Å². The first-order valence-electron chi connectivity index (χ1n) is 7.37. The van der Waals surface area contributed by atoms with Gasteiger partial charge in [0.15, 0.2) is 5.58 Å². The van der Waals surface area contributed by atoms with Gasteiger partial charge in [0.2, 0.25) is 5.88 Å². The molecule has 4 aromatic rings. The fourth-order valence-electron chi connectivity index (χ4n) is 2.82. The number of pyridine rings is 1. The minimum atomic E-state index is -0.499. The molecular weight excluding hydrogens is 345 g/mol. The van der Waals surface area contributed by atoms with Crippen molar-refractivity contribution in [3.8, 4) is 22.5 Å². The summed E-state index contributed by atoms with van der Waals surface area (Å²) in [7, 11) is 1.80. The number of aryl methyl sites for hydroxylation is 1. The molecule has 1 aromatic carbocycles. The first kappa shape index (κ1) is 15.5. The molecule has 0 amide bonds. The number of fused-ring (bicyclic) bond motifs is 1. The number of hydrogen-bond donors (Lipinski definition) is 2. The Morgan fingerprint density at radius 3 is 2.72 bits per heavy atom. The van der Waals surface area contributed by atoms with E-state index in [4.69, 9.17) is 27.5 Å². The number of nitrogens with zero attached hydrogens (tertiary/aromatic N) is 3. The summed E-state index contributed by atoms with van der Waals surface area (Å²) in [6.45, 7) is 0. The van der Waals surface area contributed by atoms with Crippen LogP contribution < -0.4 is 11.5 Å². The highest BCUT2D eigenvalue weighted by Crippen LogP contribution is 2.41. The number of furan rings is 1. The fraction of sp³-hybridized carbons (Fsp3) is 0.0588. The van der Waals surface area contributed by atoms with E-state index in [9.17, 15) is 4.39 Å². The highest BCUT2D eigenvalue weighted by atomic mass is 35.5. The molecule has 126 valence electrons. The SMILES string of the molecule is Cn1nccc1-c1ncc(-c2ccc(F)c(Cl)c2)c2c(N)c(N)oc12. The second-order valence-electron chi connectivity index (χ2n) is 5.57. The summed E-state index contributed by atoms with van der Waals surface area (Å²) in [5.41, 5.74) is 15.4. The highest BCUT2D eigenvalue weighted by Gasteiger charge is 2.21. The lowest BCUT2D eigenvalue weighted by Crippen LogP contribution is -1.97. The van der Waals surface area contributed by atoms with E-state index >= 15 is 0 Å². The van der Waals surface area contributed by atoms with Gasteiger partial charge >= 0.3 is 0 Å². The molecule has 0 aliphatic rings. The maximum atomic E-state index is 13.5. The molecule has 0 aliphatic carbocycles. The van der Waals surface area contributed by atoms with Crippen LogP contribution in [-0.4, -0.2) is 14.8 Å². The summed E-state index contributed by atoms with van der Waals surface area (Å²) < 4.78 is 20.8. The van der Waals surface area contributed by atoms with Gasteiger partial charge in [-0.25, -0.2) is 9.37 Å². The number of hydrogen-bond acceptors (Lipinski definition) is 5. The van der Waals surface area contributed by atoms with Crippen LogP contribution in [0.1, 0.15) is 0 Å². The Hall–Kier alpha value is -3.06. The average molecular weight is 358 g/mol. The molecule has 0 unspecified atom stereocenters. The van der Waals surface area contributed by atoms with Gasteiger partial charge in [-0.15, -0.1) is 0 Å². The van der Waals surface area contributed by atoms with Gasteiger partial charge in [0.1, 0.15) is 17.2 Å². The van der Waals surface area contributed by atoms with Gasteiger partial charge in [-0.05, 0) is 23.8 Å². The van der Waals surface area contributed by atoms with Crippen LogP contribution in [0, 0.1) is 5.82 Å². The average Bonchev–Trinajstić information content (AvgIpc) is 3.14. The van der Waals surface area contributed by atoms with Crippen molar-refractivity contribution in [3.63, 3.8) is 0 Å². The monoisotopic (exact) mass is 357 g/mol. The van der Waals surface area contributed by atoms with Crippen LogP contribution in [0.15, 0.2) is 41.1 Å². The molecule has 3 heterocycles. The number of halogens is 2. The molecule has 0 spiro atoms. The van der Waals surface area contributed by atoms with E-state index in [0.717, 1.165) is 5.69 Å². The Bertz CT molecular complexity index is 1120. The zero-order valence-electron chi connectivity index (χ0n) is 13.1. The van der Waals surface area contributed by atoms with E-state index in [1.807, 2.05) is 6.07 Å². The van der Waals surface area contributed by atoms with E-state index in [0.29, 0.717) is 33.5 Å². The molecule has 0 radical (unpaired) electrons. The molecule has 4 N–H and O–H groups in total. The van der Waals surface area contributed by atoms with Gasteiger partial charge in [0.05, 0.1) is 16.1 Å². The number of benzene rings is 1. The molecule has 0 bridgehead atoms. The molecule has 8 heteroatoms. The lowest BCUT2D eigenvalue weighted by Gasteiger charge is -2.08. The number of aromatic nitrogens is 3. The molecule has 6 nitrogen and oxygen atoms in total. The lowest BCUT2D eigenvalue weighted by atomic mass is 10.0. The quantitative estimate of drug-likeness (QED) is 0.568. The maximum Gasteiger partial charge on any atom is 0.215 e. The van der Waals surface area contributed by atoms with E-state index in [1.165, 1.54) is 12.1 Å². The minimum Gasteiger partial charge on any atom is -0.436 e. The van der Waals surface area contributed by atoms with E-state index in [2.05, 4.69) is 10.1 Å². The van der Waals surface area contributed by atoms with Crippen molar-refractivity contribution in [2.45, 2.75) is 0 Å². The van der Waals surface area contributed by atoms with Gasteiger partial charge in [-0.2, -0.15) is 5.10 Å². The van der Waals surface area contributed by atoms with Gasteiger partial charge in [-0.3, -0.25) is 4.68 Å². The van der Waals surface area contributed by atoms with Crippen molar-refractivity contribution in [1.82, 2.24) is 14.8 Å². The summed E-state index contributed by atoms with van der Waals surface area (Å²) in [5, 5.41) is 4.76. The summed E-state index contributed by atoms with van der Waals surface area (Å²) >= 11 is 5.91. The molecule has 4 rings (SSSR count). The molecule has 0 atom stereocenters. The molecule has 25 heavy (non-hydrogen) atoms. The van der Waals surface area contributed by atoms with Crippen molar-refractivity contribution in [3.05, 3.63) is 47.5 Å². The van der Waals surface area contributed by atoms with Crippen LogP contribution in [0.5, 0.6) is 0 Å². The summed E-state index contributed by atoms with van der Waals surface area (Å²) in [4.78, 5) is 4.49. The lowest BCUT2D eigenvalue weighted by molar-refractivity contribution is 0.628. The van der Waals surface area contributed by atoms with Crippen LogP contribution in [0.3, 0.4) is 0 Å². The second kappa shape index (κ2) is 5.49. The predicted octanol–water partition coefficient (Wildman–Crippen LogP) is 3.85.